The second-order valence-electron chi connectivity index (χ2n) is 5.33. The van der Waals surface area contributed by atoms with Gasteiger partial charge in [-0.1, -0.05) is 23.8 Å². The standard InChI is InChI=1S/C17H19N3/c1-12-8-13(2)17(14(3)9-12)18-10-15-11-19-20-7-5-4-6-16(15)20/h4-9,11,18H,10H2,1-3H3. The lowest BCUT2D eigenvalue weighted by Gasteiger charge is -2.13. The van der Waals surface area contributed by atoms with E-state index in [0.29, 0.717) is 0 Å². The highest BCUT2D eigenvalue weighted by atomic mass is 15.2. The molecule has 3 aromatic rings. The van der Waals surface area contributed by atoms with Gasteiger partial charge in [0.2, 0.25) is 0 Å². The van der Waals surface area contributed by atoms with E-state index >= 15 is 0 Å². The van der Waals surface area contributed by atoms with Gasteiger partial charge in [0, 0.05) is 24.0 Å². The number of pyridine rings is 1. The Morgan fingerprint density at radius 2 is 1.85 bits per heavy atom. The van der Waals surface area contributed by atoms with Crippen molar-refractivity contribution in [2.45, 2.75) is 27.3 Å². The first-order chi connectivity index (χ1) is 9.65. The summed E-state index contributed by atoms with van der Waals surface area (Å²) in [5.74, 6) is 0. The highest BCUT2D eigenvalue weighted by molar-refractivity contribution is 5.60. The maximum Gasteiger partial charge on any atom is 0.0711 e. The molecule has 3 heteroatoms. The van der Waals surface area contributed by atoms with E-state index in [0.717, 1.165) is 12.1 Å². The van der Waals surface area contributed by atoms with Gasteiger partial charge in [0.1, 0.15) is 0 Å². The normalized spacial score (nSPS) is 10.9. The molecule has 0 amide bonds. The van der Waals surface area contributed by atoms with Gasteiger partial charge in [-0.25, -0.2) is 4.52 Å². The Balaban J connectivity index is 1.87. The van der Waals surface area contributed by atoms with Crippen molar-refractivity contribution in [3.05, 3.63) is 65.0 Å². The molecule has 0 aliphatic carbocycles. The Morgan fingerprint density at radius 3 is 2.60 bits per heavy atom. The second kappa shape index (κ2) is 5.00. The Morgan fingerprint density at radius 1 is 1.10 bits per heavy atom. The van der Waals surface area contributed by atoms with Gasteiger partial charge < -0.3 is 5.32 Å². The van der Waals surface area contributed by atoms with E-state index in [1.807, 2.05) is 29.0 Å². The molecule has 0 saturated heterocycles. The highest BCUT2D eigenvalue weighted by Gasteiger charge is 2.06. The van der Waals surface area contributed by atoms with Crippen LogP contribution < -0.4 is 5.32 Å². The lowest BCUT2D eigenvalue weighted by atomic mass is 10.0. The zero-order valence-corrected chi connectivity index (χ0v) is 12.1. The van der Waals surface area contributed by atoms with Crippen molar-refractivity contribution in [3.8, 4) is 0 Å². The molecule has 1 aromatic carbocycles. The fourth-order valence-corrected chi connectivity index (χ4v) is 2.77. The number of nitrogens with one attached hydrogen (secondary N) is 1. The predicted molar refractivity (Wildman–Crippen MR) is 83.2 cm³/mol. The number of fused-ring (bicyclic) bond motifs is 1. The number of hydrogen-bond acceptors (Lipinski definition) is 2. The third kappa shape index (κ3) is 2.27. The van der Waals surface area contributed by atoms with Crippen LogP contribution in [0, 0.1) is 20.8 Å². The summed E-state index contributed by atoms with van der Waals surface area (Å²) in [5, 5.41) is 7.92. The topological polar surface area (TPSA) is 29.3 Å². The van der Waals surface area contributed by atoms with Crippen LogP contribution in [0.4, 0.5) is 5.69 Å². The van der Waals surface area contributed by atoms with Crippen LogP contribution in [0.5, 0.6) is 0 Å². The lowest BCUT2D eigenvalue weighted by Crippen LogP contribution is -2.03. The summed E-state index contributed by atoms with van der Waals surface area (Å²) in [4.78, 5) is 0. The maximum absolute atomic E-state index is 4.37. The van der Waals surface area contributed by atoms with Crippen molar-refractivity contribution in [2.75, 3.05) is 5.32 Å². The van der Waals surface area contributed by atoms with E-state index in [-0.39, 0.29) is 0 Å². The van der Waals surface area contributed by atoms with Crippen molar-refractivity contribution in [2.24, 2.45) is 0 Å². The highest BCUT2D eigenvalue weighted by Crippen LogP contribution is 2.23. The molecule has 0 aliphatic heterocycles. The number of anilines is 1. The SMILES string of the molecule is Cc1cc(C)c(NCc2cnn3ccccc23)c(C)c1. The van der Waals surface area contributed by atoms with Gasteiger partial charge >= 0.3 is 0 Å². The van der Waals surface area contributed by atoms with Gasteiger partial charge in [-0.3, -0.25) is 0 Å². The van der Waals surface area contributed by atoms with Crippen LogP contribution in [0.1, 0.15) is 22.3 Å². The first kappa shape index (κ1) is 12.7. The fraction of sp³-hybridized carbons (Fsp3) is 0.235. The minimum absolute atomic E-state index is 0.790. The van der Waals surface area contributed by atoms with Crippen molar-refractivity contribution >= 4 is 11.2 Å². The minimum Gasteiger partial charge on any atom is -0.380 e. The zero-order chi connectivity index (χ0) is 14.1. The smallest absolute Gasteiger partial charge is 0.0711 e. The molecule has 1 N–H and O–H groups in total. The average molecular weight is 265 g/mol. The van der Waals surface area contributed by atoms with Gasteiger partial charge in [-0.15, -0.1) is 0 Å². The number of benzene rings is 1. The first-order valence-electron chi connectivity index (χ1n) is 6.88. The van der Waals surface area contributed by atoms with E-state index in [1.54, 1.807) is 0 Å². The molecule has 2 heterocycles. The van der Waals surface area contributed by atoms with Crippen LogP contribution in [-0.2, 0) is 6.54 Å². The van der Waals surface area contributed by atoms with E-state index < -0.39 is 0 Å². The fourth-order valence-electron chi connectivity index (χ4n) is 2.77. The van der Waals surface area contributed by atoms with E-state index in [9.17, 15) is 0 Å². The molecular weight excluding hydrogens is 246 g/mol. The number of aryl methyl sites for hydroxylation is 3. The average Bonchev–Trinajstić information content (AvgIpc) is 2.81. The maximum atomic E-state index is 4.37. The Kier molecular flexibility index (Phi) is 3.18. The summed E-state index contributed by atoms with van der Waals surface area (Å²) in [6.45, 7) is 7.23. The van der Waals surface area contributed by atoms with E-state index in [4.69, 9.17) is 0 Å². The van der Waals surface area contributed by atoms with Crippen LogP contribution in [0.2, 0.25) is 0 Å². The molecule has 102 valence electrons. The Bertz CT molecular complexity index is 733. The van der Waals surface area contributed by atoms with Crippen molar-refractivity contribution in [3.63, 3.8) is 0 Å². The number of rotatable bonds is 3. The summed E-state index contributed by atoms with van der Waals surface area (Å²) in [6, 6.07) is 10.6. The van der Waals surface area contributed by atoms with Crippen LogP contribution in [0.15, 0.2) is 42.7 Å². The number of nitrogens with zero attached hydrogens (tertiary/aromatic N) is 2. The predicted octanol–water partition coefficient (Wildman–Crippen LogP) is 3.87. The Hall–Kier alpha value is -2.29. The quantitative estimate of drug-likeness (QED) is 0.779. The molecule has 0 unspecified atom stereocenters. The summed E-state index contributed by atoms with van der Waals surface area (Å²) in [7, 11) is 0. The summed E-state index contributed by atoms with van der Waals surface area (Å²) >= 11 is 0. The van der Waals surface area contributed by atoms with Crippen molar-refractivity contribution < 1.29 is 0 Å². The molecule has 20 heavy (non-hydrogen) atoms. The first-order valence-corrected chi connectivity index (χ1v) is 6.88. The molecule has 0 aliphatic rings. The van der Waals surface area contributed by atoms with Gasteiger partial charge in [0.15, 0.2) is 0 Å². The van der Waals surface area contributed by atoms with Gasteiger partial charge in [-0.2, -0.15) is 5.10 Å². The molecule has 0 fully saturated rings. The monoisotopic (exact) mass is 265 g/mol. The molecule has 0 radical (unpaired) electrons. The number of aromatic nitrogens is 2. The molecule has 3 nitrogen and oxygen atoms in total. The summed E-state index contributed by atoms with van der Waals surface area (Å²) in [5.41, 5.74) is 7.48. The molecular formula is C17H19N3. The molecule has 0 saturated carbocycles. The van der Waals surface area contributed by atoms with Crippen molar-refractivity contribution in [1.29, 1.82) is 0 Å². The van der Waals surface area contributed by atoms with Gasteiger partial charge in [0.25, 0.3) is 0 Å². The third-order valence-corrected chi connectivity index (χ3v) is 3.64. The van der Waals surface area contributed by atoms with Gasteiger partial charge in [-0.05, 0) is 44.0 Å². The van der Waals surface area contributed by atoms with Crippen LogP contribution in [-0.4, -0.2) is 9.61 Å². The molecule has 0 bridgehead atoms. The second-order valence-corrected chi connectivity index (χ2v) is 5.33. The summed E-state index contributed by atoms with van der Waals surface area (Å²) in [6.07, 6.45) is 3.91. The molecule has 2 aromatic heterocycles. The molecule has 3 rings (SSSR count). The van der Waals surface area contributed by atoms with Crippen LogP contribution in [0.3, 0.4) is 0 Å². The van der Waals surface area contributed by atoms with E-state index in [2.05, 4.69) is 49.4 Å². The van der Waals surface area contributed by atoms with Crippen LogP contribution in [0.25, 0.3) is 5.52 Å². The lowest BCUT2D eigenvalue weighted by molar-refractivity contribution is 0.961. The number of hydrogen-bond donors (Lipinski definition) is 1. The third-order valence-electron chi connectivity index (χ3n) is 3.64. The largest absolute Gasteiger partial charge is 0.380 e. The Labute approximate surface area is 119 Å². The minimum atomic E-state index is 0.790. The van der Waals surface area contributed by atoms with Crippen molar-refractivity contribution in [1.82, 2.24) is 9.61 Å². The zero-order valence-electron chi connectivity index (χ0n) is 12.1. The van der Waals surface area contributed by atoms with E-state index in [1.165, 1.54) is 27.9 Å². The van der Waals surface area contributed by atoms with Crippen LogP contribution >= 0.6 is 0 Å². The van der Waals surface area contributed by atoms with Gasteiger partial charge in [0.05, 0.1) is 11.7 Å². The molecule has 0 atom stereocenters. The summed E-state index contributed by atoms with van der Waals surface area (Å²) < 4.78 is 1.91. The molecule has 0 spiro atoms.